The number of hydrogen-bond acceptors (Lipinski definition) is 6. The fraction of sp³-hybridized carbons (Fsp3) is 0.308. The van der Waals surface area contributed by atoms with Crippen molar-refractivity contribution in [1.29, 1.82) is 0 Å². The van der Waals surface area contributed by atoms with Crippen LogP contribution in [0.5, 0.6) is 0 Å². The van der Waals surface area contributed by atoms with E-state index in [0.717, 1.165) is 11.1 Å². The number of aliphatic hydroxyl groups excluding tert-OH is 1. The smallest absolute Gasteiger partial charge is 0.264 e. The van der Waals surface area contributed by atoms with Gasteiger partial charge in [0.05, 0.1) is 31.4 Å². The molecule has 12 heteroatoms. The number of amides is 3. The highest BCUT2D eigenvalue weighted by molar-refractivity contribution is 6.72. The van der Waals surface area contributed by atoms with Gasteiger partial charge in [-0.3, -0.25) is 14.4 Å². The molecule has 4 aromatic carbocycles. The Kier molecular flexibility index (Phi) is 10.4. The molecule has 2 heterocycles. The van der Waals surface area contributed by atoms with Crippen molar-refractivity contribution >= 4 is 54.8 Å². The van der Waals surface area contributed by atoms with Crippen molar-refractivity contribution in [2.45, 2.75) is 56.8 Å². The number of nitrogens with two attached hydrogens (primary N) is 1. The number of carbonyl (C=O) groups excluding carboxylic acids is 3. The molecule has 2 aliphatic heterocycles. The minimum absolute atomic E-state index is 0.108. The van der Waals surface area contributed by atoms with Crippen LogP contribution in [0, 0.1) is 5.92 Å². The Labute approximate surface area is 303 Å². The molecule has 4 aromatic rings. The summed E-state index contributed by atoms with van der Waals surface area (Å²) >= 11 is 6.52. The molecule has 266 valence electrons. The van der Waals surface area contributed by atoms with E-state index in [1.54, 1.807) is 77.5 Å². The van der Waals surface area contributed by atoms with E-state index < -0.39 is 31.6 Å². The molecule has 1 fully saturated rings. The zero-order valence-electron chi connectivity index (χ0n) is 28.8. The van der Waals surface area contributed by atoms with E-state index in [4.69, 9.17) is 22.1 Å². The van der Waals surface area contributed by atoms with Crippen LogP contribution in [-0.4, -0.2) is 55.4 Å². The third kappa shape index (κ3) is 7.29. The van der Waals surface area contributed by atoms with Gasteiger partial charge in [-0.15, -0.1) is 0 Å². The Hall–Kier alpha value is -4.55. The molecule has 0 unspecified atom stereocenters. The predicted molar refractivity (Wildman–Crippen MR) is 200 cm³/mol. The number of fused-ring (bicyclic) bond motifs is 2. The van der Waals surface area contributed by atoms with Crippen molar-refractivity contribution in [2.75, 3.05) is 29.1 Å². The summed E-state index contributed by atoms with van der Waals surface area (Å²) in [7, 11) is -3.54. The van der Waals surface area contributed by atoms with Gasteiger partial charge in [0, 0.05) is 52.1 Å². The minimum Gasteiger partial charge on any atom is -0.399 e. The van der Waals surface area contributed by atoms with Gasteiger partial charge in [0.1, 0.15) is 0 Å². The van der Waals surface area contributed by atoms with E-state index in [-0.39, 0.29) is 50.4 Å². The monoisotopic (exact) mass is 728 g/mol. The zero-order chi connectivity index (χ0) is 36.5. The van der Waals surface area contributed by atoms with Gasteiger partial charge in [0.2, 0.25) is 14.3 Å². The molecule has 1 spiro atoms. The standard InChI is InChI=1S/C39H42ClFN4O5Si/c1-25-36(51(2,3)41)34(22-35(47)44(19-20-46)23-26-7-5-4-6-8-26)50-39(25)32-21-29(40)13-18-33(32)45(38(39)49)24-27-9-16-31(17-10-27)43-37(48)28-11-14-30(42)15-12-28/h4-18,21,25,34,36,46H,19-20,22-24,42H2,1-3H3,(H,43,48)/t25-,34+,36-,39+/m1/s1. The Morgan fingerprint density at radius 1 is 1.02 bits per heavy atom. The summed E-state index contributed by atoms with van der Waals surface area (Å²) < 4.78 is 23.1. The van der Waals surface area contributed by atoms with Crippen molar-refractivity contribution in [3.8, 4) is 0 Å². The number of nitrogens with one attached hydrogen (secondary N) is 1. The second kappa shape index (κ2) is 14.6. The molecule has 4 atom stereocenters. The van der Waals surface area contributed by atoms with Crippen LogP contribution in [0.3, 0.4) is 0 Å². The van der Waals surface area contributed by atoms with Crippen molar-refractivity contribution in [3.05, 3.63) is 124 Å². The number of aliphatic hydroxyl groups is 1. The van der Waals surface area contributed by atoms with Gasteiger partial charge in [-0.05, 0) is 78.8 Å². The van der Waals surface area contributed by atoms with E-state index in [1.165, 1.54) is 0 Å². The molecule has 4 N–H and O–H groups in total. The molecule has 6 rings (SSSR count). The highest BCUT2D eigenvalue weighted by atomic mass is 35.5. The summed E-state index contributed by atoms with van der Waals surface area (Å²) in [6, 6.07) is 28.5. The Morgan fingerprint density at radius 3 is 2.35 bits per heavy atom. The molecular formula is C39H42ClFN4O5Si. The normalized spacial score (nSPS) is 21.2. The maximum atomic E-state index is 16.4. The van der Waals surface area contributed by atoms with Crippen LogP contribution in [-0.2, 0) is 33.0 Å². The maximum absolute atomic E-state index is 16.4. The van der Waals surface area contributed by atoms with Crippen LogP contribution >= 0.6 is 11.6 Å². The van der Waals surface area contributed by atoms with Crippen LogP contribution < -0.4 is 16.0 Å². The number of nitrogen functional groups attached to an aromatic ring is 1. The lowest BCUT2D eigenvalue weighted by molar-refractivity contribution is -0.150. The highest BCUT2D eigenvalue weighted by Gasteiger charge is 2.67. The maximum Gasteiger partial charge on any atom is 0.264 e. The predicted octanol–water partition coefficient (Wildman–Crippen LogP) is 6.91. The first kappa shape index (κ1) is 36.2. The molecular weight excluding hydrogens is 687 g/mol. The Bertz CT molecular complexity index is 1910. The number of hydrogen-bond donors (Lipinski definition) is 3. The lowest BCUT2D eigenvalue weighted by Crippen LogP contribution is -2.45. The number of ether oxygens (including phenoxy) is 1. The molecule has 3 amide bonds. The van der Waals surface area contributed by atoms with Gasteiger partial charge >= 0.3 is 0 Å². The topological polar surface area (TPSA) is 125 Å². The van der Waals surface area contributed by atoms with E-state index >= 15 is 4.11 Å². The molecule has 51 heavy (non-hydrogen) atoms. The summed E-state index contributed by atoms with van der Waals surface area (Å²) in [6.45, 7) is 5.36. The average molecular weight is 729 g/mol. The second-order valence-electron chi connectivity index (χ2n) is 13.8. The molecule has 0 aliphatic carbocycles. The van der Waals surface area contributed by atoms with Crippen LogP contribution in [0.25, 0.3) is 0 Å². The van der Waals surface area contributed by atoms with Crippen LogP contribution in [0.2, 0.25) is 23.7 Å². The fourth-order valence-electron chi connectivity index (χ4n) is 7.61. The molecule has 9 nitrogen and oxygen atoms in total. The first-order valence-electron chi connectivity index (χ1n) is 17.0. The molecule has 0 bridgehead atoms. The van der Waals surface area contributed by atoms with Crippen molar-refractivity contribution in [3.63, 3.8) is 0 Å². The van der Waals surface area contributed by atoms with Crippen molar-refractivity contribution in [1.82, 2.24) is 4.90 Å². The molecule has 0 saturated carbocycles. The lowest BCUT2D eigenvalue weighted by Gasteiger charge is -2.31. The van der Waals surface area contributed by atoms with E-state index in [1.807, 2.05) is 49.4 Å². The second-order valence-corrected chi connectivity index (χ2v) is 18.1. The third-order valence-corrected chi connectivity index (χ3v) is 12.7. The van der Waals surface area contributed by atoms with Crippen LogP contribution in [0.1, 0.15) is 40.4 Å². The fourth-order valence-corrected chi connectivity index (χ4v) is 10.3. The summed E-state index contributed by atoms with van der Waals surface area (Å²) in [5.74, 6) is -1.52. The van der Waals surface area contributed by atoms with Crippen molar-refractivity contribution < 1.29 is 28.3 Å². The quantitative estimate of drug-likeness (QED) is 0.0877. The minimum atomic E-state index is -3.54. The van der Waals surface area contributed by atoms with E-state index in [2.05, 4.69) is 5.32 Å². The van der Waals surface area contributed by atoms with Crippen LogP contribution in [0.4, 0.5) is 21.2 Å². The SMILES string of the molecule is C[C@@H]1[C@@H]([Si](C)(C)F)[C@H](CC(=O)N(CCO)Cc2ccccc2)O[C@@]12C(=O)N(Cc1ccc(NC(=O)c3ccc(N)cc3)cc1)c1ccc(Cl)cc12. The van der Waals surface area contributed by atoms with Crippen molar-refractivity contribution in [2.24, 2.45) is 5.92 Å². The summed E-state index contributed by atoms with van der Waals surface area (Å²) in [5, 5.41) is 13.1. The number of carbonyl (C=O) groups is 3. The third-order valence-electron chi connectivity index (χ3n) is 9.96. The average Bonchev–Trinajstić information content (AvgIpc) is 3.51. The summed E-state index contributed by atoms with van der Waals surface area (Å²) in [6.07, 6.45) is -1.02. The zero-order valence-corrected chi connectivity index (χ0v) is 30.6. The molecule has 2 aliphatic rings. The number of anilines is 3. The van der Waals surface area contributed by atoms with E-state index in [0.29, 0.717) is 33.2 Å². The number of rotatable bonds is 11. The number of benzene rings is 4. The van der Waals surface area contributed by atoms with Gasteiger partial charge in [0.25, 0.3) is 11.8 Å². The first-order chi connectivity index (χ1) is 24.3. The van der Waals surface area contributed by atoms with E-state index in [9.17, 15) is 19.5 Å². The van der Waals surface area contributed by atoms with Gasteiger partial charge in [-0.2, -0.15) is 0 Å². The van der Waals surface area contributed by atoms with Gasteiger partial charge < -0.3 is 34.8 Å². The lowest BCUT2D eigenvalue weighted by atomic mass is 9.82. The van der Waals surface area contributed by atoms with Gasteiger partial charge in [0.15, 0.2) is 5.60 Å². The summed E-state index contributed by atoms with van der Waals surface area (Å²) in [4.78, 5) is 44.5. The van der Waals surface area contributed by atoms with Gasteiger partial charge in [-0.25, -0.2) is 0 Å². The number of halogens is 2. The Morgan fingerprint density at radius 2 is 1.71 bits per heavy atom. The molecule has 1 saturated heterocycles. The molecule has 0 radical (unpaired) electrons. The molecule has 0 aromatic heterocycles. The highest BCUT2D eigenvalue weighted by Crippen LogP contribution is 2.60. The first-order valence-corrected chi connectivity index (χ1v) is 20.3. The summed E-state index contributed by atoms with van der Waals surface area (Å²) in [5.41, 5.74) is 7.96. The largest absolute Gasteiger partial charge is 0.399 e. The van der Waals surface area contributed by atoms with Crippen LogP contribution in [0.15, 0.2) is 97.1 Å². The van der Waals surface area contributed by atoms with Gasteiger partial charge in [-0.1, -0.05) is 61.0 Å². The number of nitrogens with zero attached hydrogens (tertiary/aromatic N) is 2. The Balaban J connectivity index is 1.26.